The van der Waals surface area contributed by atoms with Crippen LogP contribution in [0.5, 0.6) is 10.8 Å². The summed E-state index contributed by atoms with van der Waals surface area (Å²) in [5.41, 5.74) is -3.39. The minimum absolute atomic E-state index is 0.00631. The molecule has 2 atom stereocenters. The molecule has 2 fully saturated rings. The van der Waals surface area contributed by atoms with E-state index in [4.69, 9.17) is 14.6 Å². The Morgan fingerprint density at radius 2 is 1.70 bits per heavy atom. The van der Waals surface area contributed by atoms with Crippen LogP contribution in [0.2, 0.25) is 0 Å². The number of para-hydroxylation sites is 1. The summed E-state index contributed by atoms with van der Waals surface area (Å²) in [4.78, 5) is 45.5. The number of rotatable bonds is 12. The van der Waals surface area contributed by atoms with Gasteiger partial charge in [0.25, 0.3) is 11.8 Å². The molecule has 9 nitrogen and oxygen atoms in total. The van der Waals surface area contributed by atoms with Gasteiger partial charge in [-0.2, -0.15) is 26.3 Å². The maximum absolute atomic E-state index is 14.9. The maximum Gasteiger partial charge on any atom is 0.425 e. The normalized spacial score (nSPS) is 20.6. The van der Waals surface area contributed by atoms with Crippen LogP contribution in [0.15, 0.2) is 54.9 Å². The van der Waals surface area contributed by atoms with Crippen LogP contribution >= 0.6 is 11.3 Å². The van der Waals surface area contributed by atoms with Crippen LogP contribution in [0.4, 0.5) is 26.3 Å². The summed E-state index contributed by atoms with van der Waals surface area (Å²) in [6.07, 6.45) is -5.97. The Hall–Kier alpha value is -4.34. The number of alkyl halides is 6. The van der Waals surface area contributed by atoms with Crippen molar-refractivity contribution in [3.05, 3.63) is 76.4 Å². The highest BCUT2D eigenvalue weighted by Crippen LogP contribution is 2.45. The summed E-state index contributed by atoms with van der Waals surface area (Å²) in [6.45, 7) is 4.41. The summed E-state index contributed by atoms with van der Waals surface area (Å²) < 4.78 is 95.5. The number of piperidine rings is 2. The number of carbonyl (C=O) groups is 3. The molecule has 4 heterocycles. The molecule has 2 amide bonds. The molecule has 2 aliphatic rings. The molecule has 2 aliphatic heterocycles. The number of likely N-dealkylation sites (tertiary alicyclic amines) is 2. The molecule has 2 aromatic heterocycles. The van der Waals surface area contributed by atoms with Gasteiger partial charge in [0.05, 0.1) is 23.8 Å². The molecule has 0 spiro atoms. The zero-order valence-electron chi connectivity index (χ0n) is 29.3. The lowest BCUT2D eigenvalue weighted by Gasteiger charge is -2.51. The first-order valence-electron chi connectivity index (χ1n) is 17.4. The first kappa shape index (κ1) is 39.9. The SMILES string of the molecule is CCC[C@H]1N(C(=O)c2cnccc2C(F)(F)F)CCC[C@@]1(Oc1ccc(C(F)(F)F)s1)C(=O)N1CCC(C)(c2ccccc2OCCCC(=O)O)CC1. The molecule has 3 aromatic rings. The largest absolute Gasteiger partial charge is 0.493 e. The van der Waals surface area contributed by atoms with Crippen molar-refractivity contribution < 1.29 is 55.3 Å². The van der Waals surface area contributed by atoms with E-state index in [1.54, 1.807) is 24.0 Å². The summed E-state index contributed by atoms with van der Waals surface area (Å²) in [6, 6.07) is 8.93. The van der Waals surface area contributed by atoms with Gasteiger partial charge in [-0.25, -0.2) is 0 Å². The number of carboxylic acid groups (broad SMARTS) is 1. The van der Waals surface area contributed by atoms with Crippen molar-refractivity contribution in [2.45, 2.75) is 94.6 Å². The van der Waals surface area contributed by atoms with E-state index in [-0.39, 0.29) is 57.0 Å². The van der Waals surface area contributed by atoms with Gasteiger partial charge in [-0.15, -0.1) is 0 Å². The summed E-state index contributed by atoms with van der Waals surface area (Å²) in [5, 5.41) is 8.78. The highest BCUT2D eigenvalue weighted by atomic mass is 32.1. The highest BCUT2D eigenvalue weighted by molar-refractivity contribution is 7.13. The quantitative estimate of drug-likeness (QED) is 0.146. The van der Waals surface area contributed by atoms with Crippen molar-refractivity contribution in [3.8, 4) is 10.8 Å². The highest BCUT2D eigenvalue weighted by Gasteiger charge is 2.56. The number of ether oxygens (including phenoxy) is 2. The van der Waals surface area contributed by atoms with Crippen molar-refractivity contribution in [1.29, 1.82) is 0 Å². The maximum atomic E-state index is 14.9. The minimum atomic E-state index is -4.87. The fourth-order valence-corrected chi connectivity index (χ4v) is 8.11. The molecular weight excluding hydrogens is 728 g/mol. The van der Waals surface area contributed by atoms with E-state index in [0.717, 1.165) is 30.1 Å². The standard InChI is InChI=1S/C37H41F6N3O6S/c1-3-8-28-35(52-31-13-12-29(53-31)37(41,42)43,15-7-19-46(28)32(49)24-23-44-18-14-25(24)36(38,39)40)33(50)45-20-16-34(2,17-21-45)26-9-4-5-10-27(26)51-22-6-11-30(47)48/h4-5,9-10,12-14,18,23,28H,3,6-8,11,15-17,19-22H2,1-2H3,(H,47,48)/t28-,35+/m1/s1. The van der Waals surface area contributed by atoms with Gasteiger partial charge >= 0.3 is 18.3 Å². The second-order valence-electron chi connectivity index (χ2n) is 13.6. The van der Waals surface area contributed by atoms with Crippen LogP contribution in [0.25, 0.3) is 0 Å². The Bertz CT molecular complexity index is 1770. The molecule has 0 radical (unpaired) electrons. The van der Waals surface area contributed by atoms with Crippen molar-refractivity contribution in [3.63, 3.8) is 0 Å². The number of thiophene rings is 1. The van der Waals surface area contributed by atoms with Gasteiger partial charge in [0.2, 0.25) is 5.60 Å². The zero-order valence-corrected chi connectivity index (χ0v) is 30.1. The summed E-state index contributed by atoms with van der Waals surface area (Å²) in [5.74, 6) is -1.89. The number of hydrogen-bond acceptors (Lipinski definition) is 7. The fraction of sp³-hybridized carbons (Fsp3) is 0.514. The number of halogens is 6. The van der Waals surface area contributed by atoms with Gasteiger partial charge < -0.3 is 24.4 Å². The smallest absolute Gasteiger partial charge is 0.425 e. The second kappa shape index (κ2) is 15.9. The second-order valence-corrected chi connectivity index (χ2v) is 14.7. The molecule has 2 saturated heterocycles. The van der Waals surface area contributed by atoms with E-state index in [1.165, 1.54) is 4.90 Å². The molecule has 0 aliphatic carbocycles. The summed E-state index contributed by atoms with van der Waals surface area (Å²) in [7, 11) is 0. The Balaban J connectivity index is 1.48. The van der Waals surface area contributed by atoms with E-state index < -0.39 is 63.2 Å². The molecule has 53 heavy (non-hydrogen) atoms. The molecule has 0 saturated carbocycles. The van der Waals surface area contributed by atoms with E-state index in [1.807, 2.05) is 19.1 Å². The predicted molar refractivity (Wildman–Crippen MR) is 183 cm³/mol. The number of pyridine rings is 1. The van der Waals surface area contributed by atoms with Gasteiger partial charge in [-0.05, 0) is 61.8 Å². The van der Waals surface area contributed by atoms with E-state index in [0.29, 0.717) is 48.8 Å². The van der Waals surface area contributed by atoms with Gasteiger partial charge in [0, 0.05) is 50.4 Å². The van der Waals surface area contributed by atoms with Crippen molar-refractivity contribution in [2.24, 2.45) is 0 Å². The van der Waals surface area contributed by atoms with Crippen LogP contribution in [-0.4, -0.2) is 75.6 Å². The monoisotopic (exact) mass is 769 g/mol. The average Bonchev–Trinajstić information content (AvgIpc) is 3.60. The van der Waals surface area contributed by atoms with Gasteiger partial charge in [-0.3, -0.25) is 19.4 Å². The lowest BCUT2D eigenvalue weighted by Crippen LogP contribution is -2.68. The van der Waals surface area contributed by atoms with Crippen LogP contribution in [0, 0.1) is 0 Å². The van der Waals surface area contributed by atoms with E-state index in [9.17, 15) is 40.7 Å². The fourth-order valence-electron chi connectivity index (χ4n) is 7.31. The summed E-state index contributed by atoms with van der Waals surface area (Å²) >= 11 is 0.310. The molecule has 0 bridgehead atoms. The van der Waals surface area contributed by atoms with Crippen molar-refractivity contribution in [2.75, 3.05) is 26.2 Å². The number of carbonyl (C=O) groups excluding carboxylic acids is 2. The van der Waals surface area contributed by atoms with E-state index in [2.05, 4.69) is 4.98 Å². The molecular formula is C37H41F6N3O6S. The van der Waals surface area contributed by atoms with Crippen LogP contribution in [-0.2, 0) is 27.4 Å². The molecule has 288 valence electrons. The zero-order chi connectivity index (χ0) is 38.6. The Morgan fingerprint density at radius 1 is 0.981 bits per heavy atom. The van der Waals surface area contributed by atoms with Crippen LogP contribution < -0.4 is 9.47 Å². The molecule has 1 N–H and O–H groups in total. The molecule has 16 heteroatoms. The van der Waals surface area contributed by atoms with Crippen molar-refractivity contribution in [1.82, 2.24) is 14.8 Å². The van der Waals surface area contributed by atoms with Gasteiger partial charge in [-0.1, -0.05) is 49.8 Å². The van der Waals surface area contributed by atoms with Gasteiger partial charge in [0.15, 0.2) is 5.06 Å². The van der Waals surface area contributed by atoms with Crippen LogP contribution in [0.1, 0.15) is 91.6 Å². The van der Waals surface area contributed by atoms with Gasteiger partial charge in [0.1, 0.15) is 10.6 Å². The topological polar surface area (TPSA) is 109 Å². The first-order valence-corrected chi connectivity index (χ1v) is 18.2. The number of carboxylic acids is 1. The predicted octanol–water partition coefficient (Wildman–Crippen LogP) is 8.23. The number of hydrogen-bond donors (Lipinski definition) is 1. The first-order chi connectivity index (χ1) is 25.0. The van der Waals surface area contributed by atoms with Crippen molar-refractivity contribution >= 4 is 29.1 Å². The minimum Gasteiger partial charge on any atom is -0.493 e. The molecule has 1 aromatic carbocycles. The number of aliphatic carboxylic acids is 1. The third-order valence-electron chi connectivity index (χ3n) is 10.0. The molecule has 0 unspecified atom stereocenters. The number of aromatic nitrogens is 1. The number of benzene rings is 1. The van der Waals surface area contributed by atoms with E-state index >= 15 is 0 Å². The third-order valence-corrected chi connectivity index (χ3v) is 11.0. The Labute approximate surface area is 306 Å². The lowest BCUT2D eigenvalue weighted by atomic mass is 9.73. The Kier molecular flexibility index (Phi) is 12.0. The number of amides is 2. The average molecular weight is 770 g/mol. The molecule has 5 rings (SSSR count). The van der Waals surface area contributed by atoms with Crippen LogP contribution in [0.3, 0.4) is 0 Å². The third kappa shape index (κ3) is 8.73. The lowest BCUT2D eigenvalue weighted by molar-refractivity contribution is -0.160. The number of nitrogens with zero attached hydrogens (tertiary/aromatic N) is 3. The Morgan fingerprint density at radius 3 is 2.34 bits per heavy atom.